The van der Waals surface area contributed by atoms with E-state index in [0.29, 0.717) is 5.65 Å². The van der Waals surface area contributed by atoms with Crippen molar-refractivity contribution in [2.24, 2.45) is 0 Å². The van der Waals surface area contributed by atoms with Crippen LogP contribution in [-0.2, 0) is 11.2 Å². The van der Waals surface area contributed by atoms with Crippen molar-refractivity contribution in [3.8, 4) is 0 Å². The van der Waals surface area contributed by atoms with Crippen LogP contribution in [0.3, 0.4) is 0 Å². The molecule has 0 saturated carbocycles. The van der Waals surface area contributed by atoms with Crippen molar-refractivity contribution >= 4 is 34.8 Å². The zero-order valence-corrected chi connectivity index (χ0v) is 22.2. The molecule has 3 aromatic heterocycles. The lowest BCUT2D eigenvalue weighted by atomic mass is 10.0. The molecule has 200 valence electrons. The summed E-state index contributed by atoms with van der Waals surface area (Å²) in [7, 11) is 3.38. The number of aromatic nitrogens is 4. The third-order valence-electron chi connectivity index (χ3n) is 6.55. The van der Waals surface area contributed by atoms with E-state index in [9.17, 15) is 9.18 Å². The molecule has 0 bridgehead atoms. The molecule has 38 heavy (non-hydrogen) atoms. The minimum atomic E-state index is -0.417. The molecule has 4 aromatic rings. The Labute approximate surface area is 221 Å². The SMILES string of the molecule is CCc1ccc(N2CCC(n3cc(F)c4c(Nc5ccc(C)cc5F)ncnc43)CC2)nc1.CN(C)C=O. The fraction of sp³-hybridized carbons (Fsp3) is 0.357. The average Bonchev–Trinajstić information content (AvgIpc) is 3.28. The second-order valence-electron chi connectivity index (χ2n) is 9.58. The van der Waals surface area contributed by atoms with Gasteiger partial charge in [0.15, 0.2) is 5.82 Å². The Morgan fingerprint density at radius 1 is 1.08 bits per heavy atom. The topological polar surface area (TPSA) is 79.2 Å². The number of nitrogens with one attached hydrogen (secondary N) is 1. The number of halogens is 2. The highest BCUT2D eigenvalue weighted by Crippen LogP contribution is 2.33. The number of piperidine rings is 1. The first-order valence-electron chi connectivity index (χ1n) is 12.7. The molecule has 10 heteroatoms. The number of pyridine rings is 1. The highest BCUT2D eigenvalue weighted by Gasteiger charge is 2.25. The van der Waals surface area contributed by atoms with Gasteiger partial charge in [0, 0.05) is 45.6 Å². The number of carbonyl (C=O) groups excluding carboxylic acids is 1. The maximum absolute atomic E-state index is 15.0. The predicted molar refractivity (Wildman–Crippen MR) is 146 cm³/mol. The number of hydrogen-bond acceptors (Lipinski definition) is 6. The van der Waals surface area contributed by atoms with Crippen LogP contribution >= 0.6 is 0 Å². The normalized spacial score (nSPS) is 13.7. The molecule has 1 aliphatic rings. The summed E-state index contributed by atoms with van der Waals surface area (Å²) in [5.74, 6) is 0.411. The van der Waals surface area contributed by atoms with Crippen molar-refractivity contribution in [1.29, 1.82) is 0 Å². The minimum Gasteiger partial charge on any atom is -0.356 e. The first-order chi connectivity index (χ1) is 18.3. The largest absolute Gasteiger partial charge is 0.356 e. The lowest BCUT2D eigenvalue weighted by Crippen LogP contribution is -2.35. The lowest BCUT2D eigenvalue weighted by molar-refractivity contribution is -0.115. The summed E-state index contributed by atoms with van der Waals surface area (Å²) in [4.78, 5) is 26.3. The fourth-order valence-corrected chi connectivity index (χ4v) is 4.45. The molecule has 8 nitrogen and oxygen atoms in total. The van der Waals surface area contributed by atoms with E-state index in [1.54, 1.807) is 26.2 Å². The van der Waals surface area contributed by atoms with Gasteiger partial charge in [-0.3, -0.25) is 4.79 Å². The number of amides is 1. The van der Waals surface area contributed by atoms with Crippen molar-refractivity contribution < 1.29 is 13.6 Å². The van der Waals surface area contributed by atoms with E-state index < -0.39 is 11.6 Å². The van der Waals surface area contributed by atoms with Gasteiger partial charge in [-0.15, -0.1) is 0 Å². The Morgan fingerprint density at radius 3 is 2.42 bits per heavy atom. The average molecular weight is 522 g/mol. The van der Waals surface area contributed by atoms with Crippen LogP contribution in [0.25, 0.3) is 11.0 Å². The predicted octanol–water partition coefficient (Wildman–Crippen LogP) is 5.26. The van der Waals surface area contributed by atoms with Crippen LogP contribution < -0.4 is 10.2 Å². The van der Waals surface area contributed by atoms with Crippen molar-refractivity contribution in [2.75, 3.05) is 37.4 Å². The number of hydrogen-bond donors (Lipinski definition) is 1. The molecule has 0 aliphatic carbocycles. The van der Waals surface area contributed by atoms with E-state index in [1.807, 2.05) is 17.7 Å². The van der Waals surface area contributed by atoms with Gasteiger partial charge in [-0.25, -0.2) is 23.7 Å². The quantitative estimate of drug-likeness (QED) is 0.349. The molecule has 1 N–H and O–H groups in total. The van der Waals surface area contributed by atoms with Crippen LogP contribution in [0.5, 0.6) is 0 Å². The maximum Gasteiger partial charge on any atom is 0.209 e. The van der Waals surface area contributed by atoms with Gasteiger partial charge in [-0.05, 0) is 55.5 Å². The summed E-state index contributed by atoms with van der Waals surface area (Å²) < 4.78 is 31.3. The van der Waals surface area contributed by atoms with Crippen LogP contribution in [0.1, 0.15) is 36.9 Å². The van der Waals surface area contributed by atoms with Crippen LogP contribution in [-0.4, -0.2) is 58.0 Å². The zero-order chi connectivity index (χ0) is 27.2. The number of anilines is 3. The number of fused-ring (bicyclic) bond motifs is 1. The third kappa shape index (κ3) is 6.07. The summed E-state index contributed by atoms with van der Waals surface area (Å²) in [6.45, 7) is 5.59. The molecule has 0 unspecified atom stereocenters. The number of nitrogens with zero attached hydrogens (tertiary/aromatic N) is 6. The third-order valence-corrected chi connectivity index (χ3v) is 6.55. The monoisotopic (exact) mass is 521 g/mol. The molecule has 0 spiro atoms. The Kier molecular flexibility index (Phi) is 8.50. The van der Waals surface area contributed by atoms with Gasteiger partial charge >= 0.3 is 0 Å². The van der Waals surface area contributed by atoms with Crippen LogP contribution in [0, 0.1) is 18.6 Å². The number of rotatable bonds is 6. The molecule has 0 radical (unpaired) electrons. The summed E-state index contributed by atoms with van der Waals surface area (Å²) in [5.41, 5.74) is 2.80. The summed E-state index contributed by atoms with van der Waals surface area (Å²) >= 11 is 0. The summed E-state index contributed by atoms with van der Waals surface area (Å²) in [6, 6.07) is 9.15. The van der Waals surface area contributed by atoms with Gasteiger partial charge in [0.1, 0.15) is 29.4 Å². The lowest BCUT2D eigenvalue weighted by Gasteiger charge is -2.33. The highest BCUT2D eigenvalue weighted by molar-refractivity contribution is 5.90. The van der Waals surface area contributed by atoms with Gasteiger partial charge in [0.2, 0.25) is 6.41 Å². The van der Waals surface area contributed by atoms with E-state index in [0.717, 1.165) is 50.1 Å². The number of carbonyl (C=O) groups is 1. The smallest absolute Gasteiger partial charge is 0.209 e. The minimum absolute atomic E-state index is 0.113. The van der Waals surface area contributed by atoms with Crippen LogP contribution in [0.2, 0.25) is 0 Å². The highest BCUT2D eigenvalue weighted by atomic mass is 19.1. The number of aryl methyl sites for hydroxylation is 2. The first kappa shape index (κ1) is 27.0. The van der Waals surface area contributed by atoms with E-state index in [-0.39, 0.29) is 22.9 Å². The molecule has 0 atom stereocenters. The van der Waals surface area contributed by atoms with E-state index >= 15 is 4.39 Å². The molecule has 1 aliphatic heterocycles. The fourth-order valence-electron chi connectivity index (χ4n) is 4.45. The molecule has 4 heterocycles. The van der Waals surface area contributed by atoms with Crippen LogP contribution in [0.4, 0.5) is 26.1 Å². The van der Waals surface area contributed by atoms with E-state index in [1.165, 1.54) is 29.1 Å². The molecule has 1 fully saturated rings. The second kappa shape index (κ2) is 12.0. The molecule has 1 saturated heterocycles. The van der Waals surface area contributed by atoms with E-state index in [2.05, 4.69) is 44.2 Å². The van der Waals surface area contributed by atoms with Crippen LogP contribution in [0.15, 0.2) is 49.1 Å². The van der Waals surface area contributed by atoms with Gasteiger partial charge in [0.05, 0.1) is 11.1 Å². The van der Waals surface area contributed by atoms with E-state index in [4.69, 9.17) is 0 Å². The molecule has 1 aromatic carbocycles. The van der Waals surface area contributed by atoms with Crippen molar-refractivity contribution in [1.82, 2.24) is 24.4 Å². The summed E-state index contributed by atoms with van der Waals surface area (Å²) in [6.07, 6.45) is 8.22. The second-order valence-corrected chi connectivity index (χ2v) is 9.58. The first-order valence-corrected chi connectivity index (χ1v) is 12.7. The molecular formula is C28H33F2N7O. The molecule has 5 rings (SSSR count). The number of benzene rings is 1. The summed E-state index contributed by atoms with van der Waals surface area (Å²) in [5, 5.41) is 3.22. The van der Waals surface area contributed by atoms with Gasteiger partial charge in [0.25, 0.3) is 0 Å². The van der Waals surface area contributed by atoms with Crippen molar-refractivity contribution in [3.63, 3.8) is 0 Å². The standard InChI is InChI=1S/C25H26F2N6.C3H7NO/c1-3-17-5-7-22(28-13-17)32-10-8-18(9-11-32)33-14-20(27)23-24(29-15-30-25(23)33)31-21-6-4-16(2)12-19(21)26;1-4(2)3-5/h4-7,12-15,18H,3,8-11H2,1-2H3,(H,29,30,31);3H,1-2H3. The Morgan fingerprint density at radius 2 is 1.82 bits per heavy atom. The zero-order valence-electron chi connectivity index (χ0n) is 22.2. The Balaban J connectivity index is 0.000000617. The van der Waals surface area contributed by atoms with Gasteiger partial charge in [-0.2, -0.15) is 0 Å². The van der Waals surface area contributed by atoms with Crippen molar-refractivity contribution in [2.45, 2.75) is 39.2 Å². The van der Waals surface area contributed by atoms with Crippen molar-refractivity contribution in [3.05, 3.63) is 71.8 Å². The Hall–Kier alpha value is -4.08. The molecular weight excluding hydrogens is 488 g/mol. The molecule has 1 amide bonds. The maximum atomic E-state index is 15.0. The van der Waals surface area contributed by atoms with Gasteiger partial charge < -0.3 is 19.7 Å². The van der Waals surface area contributed by atoms with Gasteiger partial charge in [-0.1, -0.05) is 19.1 Å². The Bertz CT molecular complexity index is 1380.